The molecule has 11 heteroatoms. The molecule has 1 aliphatic rings. The summed E-state index contributed by atoms with van der Waals surface area (Å²) in [6.45, 7) is 1.58. The number of nitrogens with zero attached hydrogens (tertiary/aromatic N) is 3. The second-order valence-corrected chi connectivity index (χ2v) is 11.2. The standard InChI is InChI=1S/C26H20ClN3O4S3/c1-15-18(13-28)23(32)30(14-16-6-2-3-8-19(16)27)25(34)22(15)20(31)9-4-10-29-24(33)21(37-26(29)35)12-17-7-5-11-36-17/h2-3,5-8,11-12,34H,4,9-10,14H2,1H3/b21-12-. The van der Waals surface area contributed by atoms with E-state index in [1.807, 2.05) is 23.6 Å². The monoisotopic (exact) mass is 569 g/mol. The number of aromatic nitrogens is 1. The Bertz CT molecular complexity index is 1540. The van der Waals surface area contributed by atoms with Gasteiger partial charge in [0.05, 0.1) is 17.0 Å². The van der Waals surface area contributed by atoms with Gasteiger partial charge in [0.1, 0.15) is 16.0 Å². The van der Waals surface area contributed by atoms with Crippen molar-refractivity contribution in [2.45, 2.75) is 26.3 Å². The smallest absolute Gasteiger partial charge is 0.271 e. The largest absolute Gasteiger partial charge is 0.494 e. The van der Waals surface area contributed by atoms with Gasteiger partial charge in [-0.1, -0.05) is 59.8 Å². The highest BCUT2D eigenvalue weighted by Crippen LogP contribution is 2.33. The maximum atomic E-state index is 13.2. The topological polar surface area (TPSA) is 103 Å². The fourth-order valence-corrected chi connectivity index (χ4v) is 6.17. The Morgan fingerprint density at radius 1 is 1.24 bits per heavy atom. The molecule has 1 N–H and O–H groups in total. The minimum Gasteiger partial charge on any atom is -0.494 e. The van der Waals surface area contributed by atoms with Crippen molar-refractivity contribution in [2.24, 2.45) is 0 Å². The lowest BCUT2D eigenvalue weighted by molar-refractivity contribution is -0.122. The van der Waals surface area contributed by atoms with E-state index in [0.717, 1.165) is 9.44 Å². The quantitative estimate of drug-likeness (QED) is 0.221. The molecule has 0 bridgehead atoms. The van der Waals surface area contributed by atoms with Gasteiger partial charge in [-0.05, 0) is 48.1 Å². The van der Waals surface area contributed by atoms with Crippen LogP contribution in [0.3, 0.4) is 0 Å². The summed E-state index contributed by atoms with van der Waals surface area (Å²) in [6, 6.07) is 12.5. The summed E-state index contributed by atoms with van der Waals surface area (Å²) in [4.78, 5) is 41.8. The molecule has 1 saturated heterocycles. The molecule has 0 radical (unpaired) electrons. The van der Waals surface area contributed by atoms with Crippen LogP contribution in [0.2, 0.25) is 5.02 Å². The average molecular weight is 570 g/mol. The molecule has 1 aliphatic heterocycles. The molecule has 4 rings (SSSR count). The third-order valence-corrected chi connectivity index (χ3v) is 8.41. The highest BCUT2D eigenvalue weighted by Gasteiger charge is 2.32. The summed E-state index contributed by atoms with van der Waals surface area (Å²) in [5, 5.41) is 22.8. The number of hydrogen-bond acceptors (Lipinski definition) is 8. The lowest BCUT2D eigenvalue weighted by atomic mass is 9.99. The van der Waals surface area contributed by atoms with E-state index < -0.39 is 17.2 Å². The van der Waals surface area contributed by atoms with Crippen molar-refractivity contribution >= 4 is 69.0 Å². The van der Waals surface area contributed by atoms with Crippen molar-refractivity contribution in [2.75, 3.05) is 6.54 Å². The lowest BCUT2D eigenvalue weighted by Crippen LogP contribution is -2.30. The third-order valence-electron chi connectivity index (χ3n) is 5.84. The van der Waals surface area contributed by atoms with Crippen LogP contribution in [0.4, 0.5) is 0 Å². The molecule has 188 valence electrons. The van der Waals surface area contributed by atoms with Gasteiger partial charge < -0.3 is 5.11 Å². The zero-order chi connectivity index (χ0) is 26.7. The number of Topliss-reactive ketones (excluding diaryl/α,β-unsaturated/α-hetero) is 1. The molecule has 0 saturated carbocycles. The van der Waals surface area contributed by atoms with E-state index in [2.05, 4.69) is 0 Å². The number of nitriles is 1. The van der Waals surface area contributed by atoms with Crippen LogP contribution in [-0.4, -0.2) is 37.1 Å². The molecular weight excluding hydrogens is 550 g/mol. The number of benzene rings is 1. The van der Waals surface area contributed by atoms with Crippen LogP contribution in [0.15, 0.2) is 51.5 Å². The van der Waals surface area contributed by atoms with E-state index in [0.29, 0.717) is 19.8 Å². The summed E-state index contributed by atoms with van der Waals surface area (Å²) >= 11 is 14.3. The molecule has 1 amide bonds. The Morgan fingerprint density at radius 2 is 2.00 bits per heavy atom. The summed E-state index contributed by atoms with van der Waals surface area (Å²) in [5.41, 5.74) is -0.341. The number of thioether (sulfide) groups is 1. The number of ketones is 1. The molecule has 0 spiro atoms. The lowest BCUT2D eigenvalue weighted by Gasteiger charge is -2.17. The van der Waals surface area contributed by atoms with Crippen LogP contribution < -0.4 is 5.56 Å². The zero-order valence-electron chi connectivity index (χ0n) is 19.6. The highest BCUT2D eigenvalue weighted by molar-refractivity contribution is 8.26. The zero-order valence-corrected chi connectivity index (χ0v) is 22.8. The molecule has 1 fully saturated rings. The Balaban J connectivity index is 1.53. The first-order chi connectivity index (χ1) is 17.7. The van der Waals surface area contributed by atoms with E-state index in [9.17, 15) is 24.8 Å². The van der Waals surface area contributed by atoms with Crippen LogP contribution >= 0.6 is 46.9 Å². The first-order valence-corrected chi connectivity index (χ1v) is 13.6. The van der Waals surface area contributed by atoms with Crippen LogP contribution in [0, 0.1) is 18.3 Å². The van der Waals surface area contributed by atoms with Gasteiger partial charge in [-0.15, -0.1) is 11.3 Å². The van der Waals surface area contributed by atoms with E-state index >= 15 is 0 Å². The first-order valence-electron chi connectivity index (χ1n) is 11.1. The number of rotatable bonds is 8. The molecule has 0 aliphatic carbocycles. The third kappa shape index (κ3) is 5.55. The number of carbonyl (C=O) groups excluding carboxylic acids is 2. The minimum absolute atomic E-state index is 0.0232. The normalized spacial score (nSPS) is 14.4. The predicted molar refractivity (Wildman–Crippen MR) is 150 cm³/mol. The summed E-state index contributed by atoms with van der Waals surface area (Å²) in [5.74, 6) is -1.18. The number of halogens is 1. The fraction of sp³-hybridized carbons (Fsp3) is 0.192. The van der Waals surface area contributed by atoms with E-state index in [4.69, 9.17) is 23.8 Å². The van der Waals surface area contributed by atoms with E-state index in [1.54, 1.807) is 30.3 Å². The molecular formula is C26H20ClN3O4S3. The predicted octanol–water partition coefficient (Wildman–Crippen LogP) is 5.36. The first kappa shape index (κ1) is 26.8. The number of aromatic hydroxyl groups is 1. The number of pyridine rings is 1. The Labute approximate surface area is 231 Å². The van der Waals surface area contributed by atoms with Gasteiger partial charge in [-0.2, -0.15) is 5.26 Å². The summed E-state index contributed by atoms with van der Waals surface area (Å²) in [6.07, 6.45) is 2.05. The molecule has 3 heterocycles. The van der Waals surface area contributed by atoms with Crippen molar-refractivity contribution in [1.29, 1.82) is 5.26 Å². The maximum absolute atomic E-state index is 13.2. The van der Waals surface area contributed by atoms with Gasteiger partial charge in [0.2, 0.25) is 5.88 Å². The molecule has 0 atom stereocenters. The van der Waals surface area contributed by atoms with Crippen LogP contribution in [0.25, 0.3) is 6.08 Å². The maximum Gasteiger partial charge on any atom is 0.271 e. The van der Waals surface area contributed by atoms with Crippen LogP contribution in [0.5, 0.6) is 5.88 Å². The highest BCUT2D eigenvalue weighted by atomic mass is 35.5. The van der Waals surface area contributed by atoms with Crippen molar-refractivity contribution in [1.82, 2.24) is 9.47 Å². The second kappa shape index (κ2) is 11.4. The molecule has 0 unspecified atom stereocenters. The molecule has 2 aromatic heterocycles. The Morgan fingerprint density at radius 3 is 2.68 bits per heavy atom. The number of carbonyl (C=O) groups is 2. The second-order valence-electron chi connectivity index (χ2n) is 8.17. The van der Waals surface area contributed by atoms with Crippen molar-refractivity contribution in [3.63, 3.8) is 0 Å². The minimum atomic E-state index is -0.705. The van der Waals surface area contributed by atoms with Gasteiger partial charge >= 0.3 is 0 Å². The molecule has 7 nitrogen and oxygen atoms in total. The van der Waals surface area contributed by atoms with Crippen LogP contribution in [0.1, 0.15) is 44.8 Å². The van der Waals surface area contributed by atoms with Gasteiger partial charge in [-0.25, -0.2) is 0 Å². The summed E-state index contributed by atoms with van der Waals surface area (Å²) in [7, 11) is 0. The van der Waals surface area contributed by atoms with Crippen molar-refractivity contribution in [3.8, 4) is 11.9 Å². The fourth-order valence-electron chi connectivity index (χ4n) is 3.95. The Hall–Kier alpha value is -3.23. The number of thiophene rings is 1. The van der Waals surface area contributed by atoms with Gasteiger partial charge in [-0.3, -0.25) is 23.9 Å². The van der Waals surface area contributed by atoms with Crippen molar-refractivity contribution < 1.29 is 14.7 Å². The number of amides is 1. The van der Waals surface area contributed by atoms with E-state index in [1.165, 1.54) is 34.9 Å². The summed E-state index contributed by atoms with van der Waals surface area (Å²) < 4.78 is 1.40. The van der Waals surface area contributed by atoms with Crippen molar-refractivity contribution in [3.05, 3.63) is 89.2 Å². The van der Waals surface area contributed by atoms with Gasteiger partial charge in [0.15, 0.2) is 5.78 Å². The van der Waals surface area contributed by atoms with Gasteiger partial charge in [0.25, 0.3) is 11.5 Å². The SMILES string of the molecule is Cc1c(C(=O)CCCN2C(=O)/C(=C/c3cccs3)SC2=S)c(O)n(Cc2ccccc2Cl)c(=O)c1C#N. The number of thiocarbonyl (C=S) groups is 1. The Kier molecular flexibility index (Phi) is 8.29. The van der Waals surface area contributed by atoms with Crippen LogP contribution in [-0.2, 0) is 11.3 Å². The van der Waals surface area contributed by atoms with E-state index in [-0.39, 0.29) is 48.5 Å². The average Bonchev–Trinajstić information content (AvgIpc) is 3.47. The molecule has 37 heavy (non-hydrogen) atoms. The molecule has 3 aromatic rings. The molecule has 1 aromatic carbocycles. The number of hydrogen-bond donors (Lipinski definition) is 1. The van der Waals surface area contributed by atoms with Gasteiger partial charge in [0, 0.05) is 22.9 Å².